The van der Waals surface area contributed by atoms with Gasteiger partial charge in [-0.2, -0.15) is 18.0 Å². The molecular formula is C23H23FN6O5S. The number of nitrogens with one attached hydrogen (secondary N) is 2. The molecule has 0 amide bonds. The van der Waals surface area contributed by atoms with Gasteiger partial charge in [0.05, 0.1) is 34.2 Å². The quantitative estimate of drug-likeness (QED) is 0.393. The second kappa shape index (κ2) is 10.3. The molecule has 36 heavy (non-hydrogen) atoms. The number of hydrogen-bond donors (Lipinski definition) is 3. The van der Waals surface area contributed by atoms with Crippen molar-refractivity contribution in [3.8, 4) is 6.07 Å². The van der Waals surface area contributed by atoms with Gasteiger partial charge in [-0.25, -0.2) is 9.37 Å². The van der Waals surface area contributed by atoms with Crippen LogP contribution in [-0.2, 0) is 21.5 Å². The minimum atomic E-state index is -4.05. The number of carboxylic acids is 1. The maximum absolute atomic E-state index is 13.5. The van der Waals surface area contributed by atoms with Crippen LogP contribution in [0.4, 0.5) is 21.5 Å². The Morgan fingerprint density at radius 1 is 1.28 bits per heavy atom. The van der Waals surface area contributed by atoms with Crippen molar-refractivity contribution in [2.24, 2.45) is 0 Å². The third-order valence-electron chi connectivity index (χ3n) is 5.74. The van der Waals surface area contributed by atoms with Crippen molar-refractivity contribution < 1.29 is 22.7 Å². The number of aryl methyl sites for hydroxylation is 1. The Kier molecular flexibility index (Phi) is 7.18. The van der Waals surface area contributed by atoms with Gasteiger partial charge in [-0.1, -0.05) is 6.07 Å². The molecule has 1 atom stereocenters. The van der Waals surface area contributed by atoms with E-state index in [0.29, 0.717) is 22.3 Å². The Balaban J connectivity index is 1.60. The van der Waals surface area contributed by atoms with Crippen LogP contribution in [0.1, 0.15) is 24.8 Å². The summed E-state index contributed by atoms with van der Waals surface area (Å²) in [5.74, 6) is -0.951. The fourth-order valence-corrected chi connectivity index (χ4v) is 5.20. The first-order chi connectivity index (χ1) is 17.2. The molecule has 1 fully saturated rings. The van der Waals surface area contributed by atoms with Crippen LogP contribution in [0.25, 0.3) is 10.9 Å². The van der Waals surface area contributed by atoms with E-state index in [1.807, 2.05) is 6.07 Å². The number of nitrogens with zero attached hydrogens (tertiary/aromatic N) is 4. The Bertz CT molecular complexity index is 1520. The summed E-state index contributed by atoms with van der Waals surface area (Å²) in [6.07, 6.45) is 0.460. The lowest BCUT2D eigenvalue weighted by Gasteiger charge is -2.18. The number of carbonyl (C=O) groups is 1. The molecule has 11 nitrogen and oxygen atoms in total. The number of halogens is 1. The maximum atomic E-state index is 13.5. The third-order valence-corrected chi connectivity index (χ3v) is 7.23. The van der Waals surface area contributed by atoms with E-state index in [4.69, 9.17) is 5.11 Å². The topological polar surface area (TPSA) is 157 Å². The second-order valence-corrected chi connectivity index (χ2v) is 9.96. The van der Waals surface area contributed by atoms with E-state index in [9.17, 15) is 27.7 Å². The molecular weight excluding hydrogens is 491 g/mol. The van der Waals surface area contributed by atoms with E-state index in [1.165, 1.54) is 17.0 Å². The van der Waals surface area contributed by atoms with Gasteiger partial charge in [-0.05, 0) is 43.2 Å². The Hall–Kier alpha value is -4.02. The lowest BCUT2D eigenvalue weighted by molar-refractivity contribution is -0.137. The predicted molar refractivity (Wildman–Crippen MR) is 131 cm³/mol. The molecule has 2 aromatic carbocycles. The molecule has 0 aliphatic carbocycles. The minimum absolute atomic E-state index is 0.0226. The zero-order valence-electron chi connectivity index (χ0n) is 19.0. The van der Waals surface area contributed by atoms with Gasteiger partial charge in [0, 0.05) is 31.7 Å². The van der Waals surface area contributed by atoms with Crippen molar-refractivity contribution in [3.05, 3.63) is 58.6 Å². The van der Waals surface area contributed by atoms with Gasteiger partial charge >= 0.3 is 16.2 Å². The minimum Gasteiger partial charge on any atom is -0.481 e. The summed E-state index contributed by atoms with van der Waals surface area (Å²) >= 11 is 0. The van der Waals surface area contributed by atoms with Crippen LogP contribution < -0.4 is 15.6 Å². The summed E-state index contributed by atoms with van der Waals surface area (Å²) in [6.45, 7) is 0.0100. The number of benzene rings is 2. The molecule has 0 saturated carbocycles. The van der Waals surface area contributed by atoms with Crippen molar-refractivity contribution in [1.29, 1.82) is 5.26 Å². The Morgan fingerprint density at radius 3 is 2.75 bits per heavy atom. The maximum Gasteiger partial charge on any atom is 0.303 e. The van der Waals surface area contributed by atoms with Crippen molar-refractivity contribution >= 4 is 44.1 Å². The van der Waals surface area contributed by atoms with Gasteiger partial charge in [0.1, 0.15) is 12.2 Å². The second-order valence-electron chi connectivity index (χ2n) is 8.29. The van der Waals surface area contributed by atoms with Crippen molar-refractivity contribution in [1.82, 2.24) is 13.9 Å². The van der Waals surface area contributed by atoms with Crippen molar-refractivity contribution in [2.75, 3.05) is 23.1 Å². The molecule has 4 rings (SSSR count). The summed E-state index contributed by atoms with van der Waals surface area (Å²) in [5, 5.41) is 21.9. The normalized spacial score (nSPS) is 16.1. The van der Waals surface area contributed by atoms with E-state index in [2.05, 4.69) is 15.0 Å². The molecule has 2 heterocycles. The van der Waals surface area contributed by atoms with Gasteiger partial charge in [-0.3, -0.25) is 18.9 Å². The van der Waals surface area contributed by atoms with Crippen molar-refractivity contribution in [2.45, 2.75) is 32.0 Å². The lowest BCUT2D eigenvalue weighted by atomic mass is 10.1. The number of aromatic nitrogens is 2. The van der Waals surface area contributed by atoms with E-state index in [1.54, 1.807) is 30.3 Å². The van der Waals surface area contributed by atoms with E-state index >= 15 is 0 Å². The number of alkyl halides is 1. The molecule has 0 bridgehead atoms. The van der Waals surface area contributed by atoms with E-state index in [0.717, 1.165) is 4.31 Å². The van der Waals surface area contributed by atoms with E-state index < -0.39 is 22.4 Å². The number of fused-ring (bicyclic) bond motifs is 1. The molecule has 188 valence electrons. The van der Waals surface area contributed by atoms with Gasteiger partial charge in [0.15, 0.2) is 0 Å². The SMILES string of the molecule is N#Cc1c(Nc2ccc3ncn(CCCC(=O)O)c(=O)c3c2)cccc1NS(=O)(=O)N1CC[C@@H](F)C1. The molecule has 13 heteroatoms. The first-order valence-corrected chi connectivity index (χ1v) is 12.5. The number of carboxylic acid groups (broad SMARTS) is 1. The lowest BCUT2D eigenvalue weighted by Crippen LogP contribution is -2.34. The highest BCUT2D eigenvalue weighted by atomic mass is 32.2. The largest absolute Gasteiger partial charge is 0.481 e. The monoisotopic (exact) mass is 514 g/mol. The van der Waals surface area contributed by atoms with Crippen LogP contribution in [0.5, 0.6) is 0 Å². The van der Waals surface area contributed by atoms with Gasteiger partial charge in [0.25, 0.3) is 5.56 Å². The molecule has 1 aromatic heterocycles. The van der Waals surface area contributed by atoms with Gasteiger partial charge in [0.2, 0.25) is 0 Å². The number of anilines is 3. The summed E-state index contributed by atoms with van der Waals surface area (Å²) in [7, 11) is -4.05. The molecule has 3 N–H and O–H groups in total. The summed E-state index contributed by atoms with van der Waals surface area (Å²) in [6, 6.07) is 11.4. The first-order valence-electron chi connectivity index (χ1n) is 11.1. The van der Waals surface area contributed by atoms with E-state index in [-0.39, 0.29) is 55.7 Å². The zero-order valence-corrected chi connectivity index (χ0v) is 19.8. The smallest absolute Gasteiger partial charge is 0.303 e. The standard InChI is InChI=1S/C23H23FN6O5S/c24-15-8-10-30(13-15)36(34,35)28-21-4-1-3-20(18(21)12-25)27-16-6-7-19-17(11-16)23(33)29(14-26-19)9-2-5-22(31)32/h1,3-4,6-7,11,14-15,27-28H,2,5,8-10,13H2,(H,31,32)/t15-/m1/s1. The van der Waals surface area contributed by atoms with Crippen LogP contribution in [0.15, 0.2) is 47.5 Å². The number of aliphatic carboxylic acids is 1. The van der Waals surface area contributed by atoms with Crippen LogP contribution in [0.3, 0.4) is 0 Å². The van der Waals surface area contributed by atoms with Gasteiger partial charge < -0.3 is 10.4 Å². The highest BCUT2D eigenvalue weighted by molar-refractivity contribution is 7.90. The average Bonchev–Trinajstić information content (AvgIpc) is 3.28. The van der Waals surface area contributed by atoms with Crippen LogP contribution in [-0.4, -0.2) is 52.6 Å². The number of hydrogen-bond acceptors (Lipinski definition) is 7. The first kappa shape index (κ1) is 25.1. The summed E-state index contributed by atoms with van der Waals surface area (Å²) in [4.78, 5) is 27.9. The summed E-state index contributed by atoms with van der Waals surface area (Å²) in [5.41, 5.74) is 0.919. The fourth-order valence-electron chi connectivity index (χ4n) is 3.92. The fraction of sp³-hybridized carbons (Fsp3) is 0.304. The Morgan fingerprint density at radius 2 is 2.06 bits per heavy atom. The van der Waals surface area contributed by atoms with Gasteiger partial charge in [-0.15, -0.1) is 0 Å². The molecule has 1 saturated heterocycles. The number of rotatable bonds is 9. The van der Waals surface area contributed by atoms with Crippen molar-refractivity contribution in [3.63, 3.8) is 0 Å². The molecule has 1 aliphatic heterocycles. The van der Waals surface area contributed by atoms with Crippen LogP contribution in [0, 0.1) is 11.3 Å². The molecule has 0 unspecified atom stereocenters. The van der Waals surface area contributed by atoms with Crippen LogP contribution >= 0.6 is 0 Å². The van der Waals surface area contributed by atoms with Crippen LogP contribution in [0.2, 0.25) is 0 Å². The molecule has 0 radical (unpaired) electrons. The average molecular weight is 515 g/mol. The highest BCUT2D eigenvalue weighted by Gasteiger charge is 2.32. The molecule has 3 aromatic rings. The molecule has 0 spiro atoms. The third kappa shape index (κ3) is 5.45. The number of nitriles is 1. The highest BCUT2D eigenvalue weighted by Crippen LogP contribution is 2.29. The zero-order chi connectivity index (χ0) is 25.9. The molecule has 1 aliphatic rings. The Labute approximate surface area is 206 Å². The predicted octanol–water partition coefficient (Wildman–Crippen LogP) is 2.58. The summed E-state index contributed by atoms with van der Waals surface area (Å²) < 4.78 is 43.5.